The number of aromatic nitrogens is 1. The van der Waals surface area contributed by atoms with Gasteiger partial charge in [0, 0.05) is 30.5 Å². The third kappa shape index (κ3) is 4.86. The molecule has 0 bridgehead atoms. The van der Waals surface area contributed by atoms with Crippen LogP contribution in [0.5, 0.6) is 0 Å². The average molecular weight is 303 g/mol. The number of nitrogens with two attached hydrogens (primary N) is 1. The molecule has 2 aromatic rings. The summed E-state index contributed by atoms with van der Waals surface area (Å²) in [5.41, 5.74) is 8.70. The van der Waals surface area contributed by atoms with E-state index in [9.17, 15) is 4.79 Å². The van der Waals surface area contributed by atoms with Gasteiger partial charge < -0.3 is 11.1 Å². The number of nitrogens with zero attached hydrogens (tertiary/aromatic N) is 1. The lowest BCUT2D eigenvalue weighted by atomic mass is 10.1. The van der Waals surface area contributed by atoms with Crippen molar-refractivity contribution in [3.8, 4) is 0 Å². The van der Waals surface area contributed by atoms with Gasteiger partial charge in [0.25, 0.3) is 0 Å². The lowest BCUT2D eigenvalue weighted by molar-refractivity contribution is -0.121. The first-order valence-corrected chi connectivity index (χ1v) is 8.10. The Bertz CT molecular complexity index is 595. The van der Waals surface area contributed by atoms with Gasteiger partial charge in [0.2, 0.25) is 5.91 Å². The maximum Gasteiger partial charge on any atom is 0.220 e. The van der Waals surface area contributed by atoms with Crippen LogP contribution in [0.3, 0.4) is 0 Å². The summed E-state index contributed by atoms with van der Waals surface area (Å²) in [4.78, 5) is 16.3. The van der Waals surface area contributed by atoms with Crippen molar-refractivity contribution in [2.24, 2.45) is 0 Å². The van der Waals surface area contributed by atoms with Gasteiger partial charge in [-0.25, -0.2) is 4.98 Å². The Morgan fingerprint density at radius 1 is 1.33 bits per heavy atom. The highest BCUT2D eigenvalue weighted by atomic mass is 32.1. The Kier molecular flexibility index (Phi) is 5.75. The van der Waals surface area contributed by atoms with Crippen LogP contribution in [0, 0.1) is 0 Å². The van der Waals surface area contributed by atoms with Crippen LogP contribution in [0.4, 0.5) is 5.69 Å². The minimum atomic E-state index is 0.0594. The molecular formula is C16H21N3OS. The molecule has 0 unspecified atom stereocenters. The second kappa shape index (κ2) is 7.78. The van der Waals surface area contributed by atoms with Crippen molar-refractivity contribution in [1.82, 2.24) is 10.3 Å². The molecular weight excluding hydrogens is 282 g/mol. The van der Waals surface area contributed by atoms with Gasteiger partial charge >= 0.3 is 0 Å². The first-order chi connectivity index (χ1) is 10.2. The summed E-state index contributed by atoms with van der Waals surface area (Å²) < 4.78 is 0. The third-order valence-corrected chi connectivity index (χ3v) is 4.32. The summed E-state index contributed by atoms with van der Waals surface area (Å²) >= 11 is 1.68. The number of carbonyl (C=O) groups is 1. The van der Waals surface area contributed by atoms with Crippen molar-refractivity contribution in [3.05, 3.63) is 45.9 Å². The summed E-state index contributed by atoms with van der Waals surface area (Å²) in [6.45, 7) is 2.73. The standard InChI is InChI=1S/C16H21N3OS/c1-2-16-19-13(11-21-16)9-10-18-15(20)8-7-12-5-3-4-6-14(12)17/h3-6,11H,2,7-10,17H2,1H3,(H,18,20). The van der Waals surface area contributed by atoms with Gasteiger partial charge in [-0.2, -0.15) is 0 Å². The van der Waals surface area contributed by atoms with Crippen LogP contribution in [-0.2, 0) is 24.1 Å². The SMILES string of the molecule is CCc1nc(CCNC(=O)CCc2ccccc2N)cs1. The summed E-state index contributed by atoms with van der Waals surface area (Å²) in [5, 5.41) is 6.15. The number of nitrogens with one attached hydrogen (secondary N) is 1. The average Bonchev–Trinajstić information content (AvgIpc) is 2.94. The number of carbonyl (C=O) groups excluding carboxylic acids is 1. The van der Waals surface area contributed by atoms with Gasteiger partial charge in [-0.3, -0.25) is 4.79 Å². The molecule has 0 aliphatic rings. The largest absolute Gasteiger partial charge is 0.399 e. The zero-order valence-electron chi connectivity index (χ0n) is 12.3. The van der Waals surface area contributed by atoms with Gasteiger partial charge in [0.15, 0.2) is 0 Å². The molecule has 0 saturated carbocycles. The molecule has 0 saturated heterocycles. The first kappa shape index (κ1) is 15.5. The molecule has 4 nitrogen and oxygen atoms in total. The lowest BCUT2D eigenvalue weighted by Gasteiger charge is -2.06. The van der Waals surface area contributed by atoms with E-state index in [1.165, 1.54) is 0 Å². The van der Waals surface area contributed by atoms with E-state index in [0.29, 0.717) is 19.4 Å². The number of hydrogen-bond donors (Lipinski definition) is 2. The van der Waals surface area contributed by atoms with Gasteiger partial charge in [-0.05, 0) is 24.5 Å². The Morgan fingerprint density at radius 2 is 2.14 bits per heavy atom. The van der Waals surface area contributed by atoms with Crippen LogP contribution in [0.15, 0.2) is 29.6 Å². The molecule has 0 aliphatic carbocycles. The van der Waals surface area contributed by atoms with E-state index in [1.54, 1.807) is 11.3 Å². The molecule has 0 atom stereocenters. The van der Waals surface area contributed by atoms with E-state index < -0.39 is 0 Å². The fourth-order valence-electron chi connectivity index (χ4n) is 2.05. The number of anilines is 1. The highest BCUT2D eigenvalue weighted by Crippen LogP contribution is 2.12. The van der Waals surface area contributed by atoms with E-state index >= 15 is 0 Å². The molecule has 21 heavy (non-hydrogen) atoms. The molecule has 1 amide bonds. The first-order valence-electron chi connectivity index (χ1n) is 7.22. The number of benzene rings is 1. The van der Waals surface area contributed by atoms with E-state index in [1.807, 2.05) is 24.3 Å². The van der Waals surface area contributed by atoms with Gasteiger partial charge in [0.05, 0.1) is 10.7 Å². The Balaban J connectivity index is 1.69. The van der Waals surface area contributed by atoms with Gasteiger partial charge in [0.1, 0.15) is 0 Å². The number of amides is 1. The van der Waals surface area contributed by atoms with Crippen LogP contribution in [0.1, 0.15) is 29.6 Å². The number of rotatable bonds is 7. The summed E-state index contributed by atoms with van der Waals surface area (Å²) in [7, 11) is 0. The lowest BCUT2D eigenvalue weighted by Crippen LogP contribution is -2.26. The highest BCUT2D eigenvalue weighted by Gasteiger charge is 2.05. The number of thiazole rings is 1. The quantitative estimate of drug-likeness (QED) is 0.773. The van der Waals surface area contributed by atoms with E-state index in [4.69, 9.17) is 5.73 Å². The van der Waals surface area contributed by atoms with Crippen molar-refractivity contribution >= 4 is 22.9 Å². The van der Waals surface area contributed by atoms with Gasteiger partial charge in [-0.1, -0.05) is 25.1 Å². The second-order valence-corrected chi connectivity index (χ2v) is 5.83. The molecule has 1 aromatic carbocycles. The fourth-order valence-corrected chi connectivity index (χ4v) is 2.83. The van der Waals surface area contributed by atoms with Crippen molar-refractivity contribution in [2.75, 3.05) is 12.3 Å². The molecule has 3 N–H and O–H groups in total. The van der Waals surface area contributed by atoms with Crippen molar-refractivity contribution in [2.45, 2.75) is 32.6 Å². The highest BCUT2D eigenvalue weighted by molar-refractivity contribution is 7.09. The molecule has 5 heteroatoms. The second-order valence-electron chi connectivity index (χ2n) is 4.88. The van der Waals surface area contributed by atoms with E-state index in [2.05, 4.69) is 22.6 Å². The fraction of sp³-hybridized carbons (Fsp3) is 0.375. The topological polar surface area (TPSA) is 68.0 Å². The monoisotopic (exact) mass is 303 g/mol. The smallest absolute Gasteiger partial charge is 0.220 e. The molecule has 2 rings (SSSR count). The molecule has 1 aromatic heterocycles. The molecule has 0 fully saturated rings. The summed E-state index contributed by atoms with van der Waals surface area (Å²) in [6.07, 6.45) is 2.89. The summed E-state index contributed by atoms with van der Waals surface area (Å²) in [6, 6.07) is 7.67. The Morgan fingerprint density at radius 3 is 2.86 bits per heavy atom. The molecule has 112 valence electrons. The zero-order chi connectivity index (χ0) is 15.1. The van der Waals surface area contributed by atoms with Crippen LogP contribution in [-0.4, -0.2) is 17.4 Å². The zero-order valence-corrected chi connectivity index (χ0v) is 13.1. The number of nitrogen functional groups attached to an aromatic ring is 1. The third-order valence-electron chi connectivity index (χ3n) is 3.28. The maximum absolute atomic E-state index is 11.8. The number of hydrogen-bond acceptors (Lipinski definition) is 4. The molecule has 0 spiro atoms. The molecule has 0 radical (unpaired) electrons. The minimum absolute atomic E-state index is 0.0594. The predicted octanol–water partition coefficient (Wildman–Crippen LogP) is 2.58. The van der Waals surface area contributed by atoms with Crippen molar-refractivity contribution in [3.63, 3.8) is 0 Å². The van der Waals surface area contributed by atoms with Gasteiger partial charge in [-0.15, -0.1) is 11.3 Å². The van der Waals surface area contributed by atoms with Crippen molar-refractivity contribution < 1.29 is 4.79 Å². The van der Waals surface area contributed by atoms with E-state index in [0.717, 1.165) is 34.8 Å². The van der Waals surface area contributed by atoms with Crippen LogP contribution >= 0.6 is 11.3 Å². The number of para-hydroxylation sites is 1. The summed E-state index contributed by atoms with van der Waals surface area (Å²) in [5.74, 6) is 0.0594. The molecule has 1 heterocycles. The predicted molar refractivity (Wildman–Crippen MR) is 87.4 cm³/mol. The Hall–Kier alpha value is -1.88. The molecule has 0 aliphatic heterocycles. The maximum atomic E-state index is 11.8. The number of aryl methyl sites for hydroxylation is 2. The van der Waals surface area contributed by atoms with E-state index in [-0.39, 0.29) is 5.91 Å². The normalized spacial score (nSPS) is 10.5. The minimum Gasteiger partial charge on any atom is -0.399 e. The Labute approximate surface area is 129 Å². The van der Waals surface area contributed by atoms with Crippen molar-refractivity contribution in [1.29, 1.82) is 0 Å². The van der Waals surface area contributed by atoms with Crippen LogP contribution < -0.4 is 11.1 Å². The van der Waals surface area contributed by atoms with Crippen LogP contribution in [0.25, 0.3) is 0 Å². The van der Waals surface area contributed by atoms with Crippen LogP contribution in [0.2, 0.25) is 0 Å².